The smallest absolute Gasteiger partial charge is 0.287 e. The third-order valence-corrected chi connectivity index (χ3v) is 3.16. The molecule has 2 rings (SSSR count). The van der Waals surface area contributed by atoms with Crippen molar-refractivity contribution in [2.24, 2.45) is 0 Å². The number of nitrogens with one attached hydrogen (secondary N) is 1. The SMILES string of the molecule is COc1ccc(C(C)C)cc1CNC(=O)c1ccco1. The molecule has 0 saturated carbocycles. The molecule has 0 bridgehead atoms. The summed E-state index contributed by atoms with van der Waals surface area (Å²) < 4.78 is 10.4. The van der Waals surface area contributed by atoms with Crippen LogP contribution in [-0.2, 0) is 6.54 Å². The summed E-state index contributed by atoms with van der Waals surface area (Å²) in [5.74, 6) is 1.28. The number of hydrogen-bond acceptors (Lipinski definition) is 3. The number of carbonyl (C=O) groups excluding carboxylic acids is 1. The fourth-order valence-electron chi connectivity index (χ4n) is 1.97. The minimum atomic E-state index is -0.230. The second-order valence-electron chi connectivity index (χ2n) is 4.89. The third kappa shape index (κ3) is 3.20. The zero-order chi connectivity index (χ0) is 14.5. The molecule has 2 aromatic rings. The van der Waals surface area contributed by atoms with Crippen LogP contribution in [0.2, 0.25) is 0 Å². The van der Waals surface area contributed by atoms with Crippen molar-refractivity contribution in [3.63, 3.8) is 0 Å². The van der Waals surface area contributed by atoms with Crippen molar-refractivity contribution >= 4 is 5.91 Å². The number of amides is 1. The van der Waals surface area contributed by atoms with E-state index in [9.17, 15) is 4.79 Å². The number of ether oxygens (including phenoxy) is 1. The van der Waals surface area contributed by atoms with E-state index in [1.807, 2.05) is 12.1 Å². The van der Waals surface area contributed by atoms with E-state index in [2.05, 4.69) is 25.2 Å². The van der Waals surface area contributed by atoms with Gasteiger partial charge in [-0.25, -0.2) is 0 Å². The van der Waals surface area contributed by atoms with Gasteiger partial charge in [0.2, 0.25) is 0 Å². The van der Waals surface area contributed by atoms with Crippen LogP contribution in [0.25, 0.3) is 0 Å². The van der Waals surface area contributed by atoms with E-state index in [0.717, 1.165) is 11.3 Å². The molecule has 0 aliphatic carbocycles. The highest BCUT2D eigenvalue weighted by Crippen LogP contribution is 2.24. The van der Waals surface area contributed by atoms with Gasteiger partial charge in [0.15, 0.2) is 5.76 Å². The highest BCUT2D eigenvalue weighted by Gasteiger charge is 2.11. The minimum absolute atomic E-state index is 0.230. The summed E-state index contributed by atoms with van der Waals surface area (Å²) >= 11 is 0. The van der Waals surface area contributed by atoms with Crippen LogP contribution in [-0.4, -0.2) is 13.0 Å². The van der Waals surface area contributed by atoms with Gasteiger partial charge in [0.05, 0.1) is 13.4 Å². The Bertz CT molecular complexity index is 573. The predicted molar refractivity (Wildman–Crippen MR) is 77.0 cm³/mol. The van der Waals surface area contributed by atoms with Crippen molar-refractivity contribution < 1.29 is 13.9 Å². The Morgan fingerprint density at radius 3 is 2.75 bits per heavy atom. The maximum Gasteiger partial charge on any atom is 0.287 e. The molecule has 4 heteroatoms. The summed E-state index contributed by atoms with van der Waals surface area (Å²) in [6.07, 6.45) is 1.48. The van der Waals surface area contributed by atoms with E-state index in [4.69, 9.17) is 9.15 Å². The molecular formula is C16H19NO3. The summed E-state index contributed by atoms with van der Waals surface area (Å²) in [6, 6.07) is 9.36. The molecule has 0 aliphatic heterocycles. The van der Waals surface area contributed by atoms with Gasteiger partial charge in [-0.1, -0.05) is 26.0 Å². The first-order chi connectivity index (χ1) is 9.61. The maximum absolute atomic E-state index is 11.9. The van der Waals surface area contributed by atoms with Gasteiger partial charge in [0.25, 0.3) is 5.91 Å². The molecule has 0 radical (unpaired) electrons. The standard InChI is InChI=1S/C16H19NO3/c1-11(2)12-6-7-14(19-3)13(9-12)10-17-16(18)15-5-4-8-20-15/h4-9,11H,10H2,1-3H3,(H,17,18). The Hall–Kier alpha value is -2.23. The van der Waals surface area contributed by atoms with Crippen molar-refractivity contribution in [3.8, 4) is 5.75 Å². The van der Waals surface area contributed by atoms with Crippen LogP contribution in [0.5, 0.6) is 5.75 Å². The van der Waals surface area contributed by atoms with Crippen LogP contribution in [0.4, 0.5) is 0 Å². The minimum Gasteiger partial charge on any atom is -0.496 e. The molecule has 0 unspecified atom stereocenters. The van der Waals surface area contributed by atoms with Crippen LogP contribution in [0, 0.1) is 0 Å². The molecule has 1 heterocycles. The van der Waals surface area contributed by atoms with Gasteiger partial charge in [0.1, 0.15) is 5.75 Å². The van der Waals surface area contributed by atoms with E-state index < -0.39 is 0 Å². The highest BCUT2D eigenvalue weighted by atomic mass is 16.5. The van der Waals surface area contributed by atoms with Gasteiger partial charge in [0, 0.05) is 12.1 Å². The normalized spacial score (nSPS) is 10.6. The van der Waals surface area contributed by atoms with Gasteiger partial charge in [-0.3, -0.25) is 4.79 Å². The average Bonchev–Trinajstić information content (AvgIpc) is 2.98. The van der Waals surface area contributed by atoms with Crippen molar-refractivity contribution in [1.82, 2.24) is 5.32 Å². The second kappa shape index (κ2) is 6.28. The number of hydrogen-bond donors (Lipinski definition) is 1. The number of benzene rings is 1. The summed E-state index contributed by atoms with van der Waals surface area (Å²) in [6.45, 7) is 4.67. The average molecular weight is 273 g/mol. The lowest BCUT2D eigenvalue weighted by molar-refractivity contribution is 0.0923. The molecule has 1 N–H and O–H groups in total. The first-order valence-electron chi connectivity index (χ1n) is 6.60. The first kappa shape index (κ1) is 14.2. The molecule has 1 aromatic heterocycles. The molecule has 20 heavy (non-hydrogen) atoms. The fourth-order valence-corrected chi connectivity index (χ4v) is 1.97. The Balaban J connectivity index is 2.11. The number of furan rings is 1. The molecule has 1 amide bonds. The van der Waals surface area contributed by atoms with E-state index in [0.29, 0.717) is 18.2 Å². The lowest BCUT2D eigenvalue weighted by Gasteiger charge is -2.13. The zero-order valence-electron chi connectivity index (χ0n) is 12.0. The van der Waals surface area contributed by atoms with Gasteiger partial charge < -0.3 is 14.5 Å². The van der Waals surface area contributed by atoms with E-state index in [1.165, 1.54) is 11.8 Å². The van der Waals surface area contributed by atoms with Crippen LogP contribution in [0.3, 0.4) is 0 Å². The van der Waals surface area contributed by atoms with Gasteiger partial charge >= 0.3 is 0 Å². The topological polar surface area (TPSA) is 51.5 Å². The summed E-state index contributed by atoms with van der Waals surface area (Å²) in [5, 5.41) is 2.83. The third-order valence-electron chi connectivity index (χ3n) is 3.16. The second-order valence-corrected chi connectivity index (χ2v) is 4.89. The molecule has 1 aromatic carbocycles. The van der Waals surface area contributed by atoms with Crippen LogP contribution in [0.15, 0.2) is 41.0 Å². The zero-order valence-corrected chi connectivity index (χ0v) is 12.0. The molecule has 0 atom stereocenters. The van der Waals surface area contributed by atoms with Gasteiger partial charge in [-0.15, -0.1) is 0 Å². The Morgan fingerprint density at radius 2 is 2.15 bits per heavy atom. The lowest BCUT2D eigenvalue weighted by atomic mass is 10.00. The molecule has 0 saturated heterocycles. The van der Waals surface area contributed by atoms with Crippen LogP contribution >= 0.6 is 0 Å². The quantitative estimate of drug-likeness (QED) is 0.909. The molecule has 0 fully saturated rings. The van der Waals surface area contributed by atoms with Crippen LogP contribution in [0.1, 0.15) is 41.4 Å². The maximum atomic E-state index is 11.9. The van der Waals surface area contributed by atoms with Crippen LogP contribution < -0.4 is 10.1 Å². The highest BCUT2D eigenvalue weighted by molar-refractivity contribution is 5.91. The molecule has 106 valence electrons. The Morgan fingerprint density at radius 1 is 1.35 bits per heavy atom. The summed E-state index contributed by atoms with van der Waals surface area (Å²) in [4.78, 5) is 11.9. The largest absolute Gasteiger partial charge is 0.496 e. The van der Waals surface area contributed by atoms with E-state index in [-0.39, 0.29) is 5.91 Å². The Kier molecular flexibility index (Phi) is 4.45. The Labute approximate surface area is 118 Å². The van der Waals surface area contributed by atoms with Crippen molar-refractivity contribution in [2.75, 3.05) is 7.11 Å². The van der Waals surface area contributed by atoms with Crippen molar-refractivity contribution in [2.45, 2.75) is 26.3 Å². The molecule has 0 spiro atoms. The predicted octanol–water partition coefficient (Wildman–Crippen LogP) is 3.34. The first-order valence-corrected chi connectivity index (χ1v) is 6.60. The molecular weight excluding hydrogens is 254 g/mol. The molecule has 0 aliphatic rings. The monoisotopic (exact) mass is 273 g/mol. The number of rotatable bonds is 5. The van der Waals surface area contributed by atoms with Crippen molar-refractivity contribution in [3.05, 3.63) is 53.5 Å². The van der Waals surface area contributed by atoms with E-state index in [1.54, 1.807) is 19.2 Å². The lowest BCUT2D eigenvalue weighted by Crippen LogP contribution is -2.22. The fraction of sp³-hybridized carbons (Fsp3) is 0.312. The van der Waals surface area contributed by atoms with Crippen molar-refractivity contribution in [1.29, 1.82) is 0 Å². The van der Waals surface area contributed by atoms with E-state index >= 15 is 0 Å². The summed E-state index contributed by atoms with van der Waals surface area (Å²) in [7, 11) is 1.63. The van der Waals surface area contributed by atoms with Gasteiger partial charge in [-0.2, -0.15) is 0 Å². The molecule has 4 nitrogen and oxygen atoms in total. The number of methoxy groups -OCH3 is 1. The number of carbonyl (C=O) groups is 1. The van der Waals surface area contributed by atoms with Gasteiger partial charge in [-0.05, 0) is 29.7 Å². The summed E-state index contributed by atoms with van der Waals surface area (Å²) in [5.41, 5.74) is 2.17.